The van der Waals surface area contributed by atoms with E-state index >= 15 is 0 Å². The highest BCUT2D eigenvalue weighted by atomic mass is 16.5. The Morgan fingerprint density at radius 3 is 2.50 bits per heavy atom. The van der Waals surface area contributed by atoms with Crippen LogP contribution in [-0.4, -0.2) is 35.1 Å². The summed E-state index contributed by atoms with van der Waals surface area (Å²) in [5, 5.41) is 9.20. The van der Waals surface area contributed by atoms with Crippen molar-refractivity contribution in [2.75, 3.05) is 13.1 Å². The van der Waals surface area contributed by atoms with Crippen LogP contribution in [0.4, 0.5) is 0 Å². The van der Waals surface area contributed by atoms with E-state index in [4.69, 9.17) is 4.74 Å². The van der Waals surface area contributed by atoms with Crippen LogP contribution in [0.3, 0.4) is 0 Å². The molecule has 0 fully saturated rings. The normalized spacial score (nSPS) is 12.0. The van der Waals surface area contributed by atoms with Gasteiger partial charge >= 0.3 is 0 Å². The van der Waals surface area contributed by atoms with Gasteiger partial charge in [-0.15, -0.1) is 0 Å². The lowest BCUT2D eigenvalue weighted by Crippen LogP contribution is -2.40. The molecule has 0 aliphatic rings. The third kappa shape index (κ3) is 3.47. The summed E-state index contributed by atoms with van der Waals surface area (Å²) < 4.78 is 5.63. The molecule has 0 aliphatic carbocycles. The highest BCUT2D eigenvalue weighted by Gasteiger charge is 2.20. The molecule has 100 valence electrons. The zero-order valence-electron chi connectivity index (χ0n) is 11.2. The molecule has 0 spiro atoms. The van der Waals surface area contributed by atoms with Gasteiger partial charge in [0.15, 0.2) is 6.10 Å². The van der Waals surface area contributed by atoms with Crippen molar-refractivity contribution < 1.29 is 14.6 Å². The second kappa shape index (κ2) is 7.01. The van der Waals surface area contributed by atoms with E-state index in [1.54, 1.807) is 24.0 Å². The molecule has 4 nitrogen and oxygen atoms in total. The molecule has 1 N–H and O–H groups in total. The van der Waals surface area contributed by atoms with Gasteiger partial charge in [-0.25, -0.2) is 0 Å². The monoisotopic (exact) mass is 251 g/mol. The van der Waals surface area contributed by atoms with Crippen LogP contribution in [0.15, 0.2) is 24.3 Å². The van der Waals surface area contributed by atoms with Gasteiger partial charge in [0.25, 0.3) is 5.91 Å². The van der Waals surface area contributed by atoms with Crippen LogP contribution in [0.5, 0.6) is 5.75 Å². The molecule has 0 aromatic heterocycles. The Morgan fingerprint density at radius 2 is 1.94 bits per heavy atom. The van der Waals surface area contributed by atoms with Crippen molar-refractivity contribution >= 4 is 5.91 Å². The highest BCUT2D eigenvalue weighted by molar-refractivity contribution is 5.80. The first kappa shape index (κ1) is 14.5. The first-order valence-corrected chi connectivity index (χ1v) is 6.28. The largest absolute Gasteiger partial charge is 0.481 e. The quantitative estimate of drug-likeness (QED) is 0.839. The molecule has 1 atom stereocenters. The smallest absolute Gasteiger partial charge is 0.263 e. The number of aliphatic hydroxyl groups excluding tert-OH is 1. The summed E-state index contributed by atoms with van der Waals surface area (Å²) in [7, 11) is 0. The topological polar surface area (TPSA) is 49.8 Å². The summed E-state index contributed by atoms with van der Waals surface area (Å²) in [5.41, 5.74) is 0.691. The Bertz CT molecular complexity index is 388. The van der Waals surface area contributed by atoms with Gasteiger partial charge in [-0.05, 0) is 26.8 Å². The van der Waals surface area contributed by atoms with Crippen LogP contribution in [0.25, 0.3) is 0 Å². The molecule has 1 aromatic rings. The Morgan fingerprint density at radius 1 is 1.33 bits per heavy atom. The SMILES string of the molecule is CCN(CC)C(=O)C(C)Oc1ccccc1CO. The van der Waals surface area contributed by atoms with Gasteiger partial charge in [0.05, 0.1) is 6.61 Å². The fourth-order valence-electron chi connectivity index (χ4n) is 1.78. The summed E-state index contributed by atoms with van der Waals surface area (Å²) in [6.45, 7) is 6.86. The number of carbonyl (C=O) groups excluding carboxylic acids is 1. The van der Waals surface area contributed by atoms with E-state index < -0.39 is 6.10 Å². The van der Waals surface area contributed by atoms with Crippen molar-refractivity contribution in [1.82, 2.24) is 4.90 Å². The van der Waals surface area contributed by atoms with Gasteiger partial charge in [-0.1, -0.05) is 18.2 Å². The lowest BCUT2D eigenvalue weighted by Gasteiger charge is -2.24. The minimum atomic E-state index is -0.544. The molecule has 1 unspecified atom stereocenters. The van der Waals surface area contributed by atoms with E-state index in [0.717, 1.165) is 0 Å². The average molecular weight is 251 g/mol. The third-order valence-electron chi connectivity index (χ3n) is 2.87. The van der Waals surface area contributed by atoms with Crippen molar-refractivity contribution in [1.29, 1.82) is 0 Å². The summed E-state index contributed by atoms with van der Waals surface area (Å²) in [6.07, 6.45) is -0.544. The van der Waals surface area contributed by atoms with E-state index in [-0.39, 0.29) is 12.5 Å². The van der Waals surface area contributed by atoms with Crippen LogP contribution in [0.1, 0.15) is 26.3 Å². The number of carbonyl (C=O) groups is 1. The zero-order valence-corrected chi connectivity index (χ0v) is 11.2. The maximum atomic E-state index is 12.0. The molecular formula is C14H21NO3. The number of ether oxygens (including phenoxy) is 1. The third-order valence-corrected chi connectivity index (χ3v) is 2.87. The van der Waals surface area contributed by atoms with Gasteiger partial charge in [0.2, 0.25) is 0 Å². The molecule has 1 aromatic carbocycles. The predicted molar refractivity (Wildman–Crippen MR) is 70.4 cm³/mol. The second-order valence-corrected chi connectivity index (χ2v) is 4.04. The van der Waals surface area contributed by atoms with E-state index in [1.165, 1.54) is 0 Å². The Balaban J connectivity index is 2.74. The second-order valence-electron chi connectivity index (χ2n) is 4.04. The van der Waals surface area contributed by atoms with Crippen molar-refractivity contribution in [3.05, 3.63) is 29.8 Å². The van der Waals surface area contributed by atoms with Gasteiger partial charge in [-0.3, -0.25) is 4.79 Å². The number of likely N-dealkylation sites (N-methyl/N-ethyl adjacent to an activating group) is 1. The molecule has 1 amide bonds. The van der Waals surface area contributed by atoms with E-state index in [9.17, 15) is 9.90 Å². The molecule has 0 bridgehead atoms. The molecule has 0 aliphatic heterocycles. The summed E-state index contributed by atoms with van der Waals surface area (Å²) in [5.74, 6) is 0.528. The molecule has 18 heavy (non-hydrogen) atoms. The molecule has 4 heteroatoms. The lowest BCUT2D eigenvalue weighted by molar-refractivity contribution is -0.137. The van der Waals surface area contributed by atoms with Gasteiger partial charge < -0.3 is 14.7 Å². The minimum Gasteiger partial charge on any atom is -0.481 e. The van der Waals surface area contributed by atoms with Crippen LogP contribution in [0, 0.1) is 0 Å². The number of hydrogen-bond acceptors (Lipinski definition) is 3. The Labute approximate surface area is 108 Å². The zero-order chi connectivity index (χ0) is 13.5. The minimum absolute atomic E-state index is 0.0345. The number of aliphatic hydroxyl groups is 1. The number of benzene rings is 1. The molecule has 1 rings (SSSR count). The number of rotatable bonds is 6. The van der Waals surface area contributed by atoms with Crippen LogP contribution >= 0.6 is 0 Å². The molecule has 0 heterocycles. The van der Waals surface area contributed by atoms with Crippen molar-refractivity contribution in [3.63, 3.8) is 0 Å². The van der Waals surface area contributed by atoms with E-state index in [2.05, 4.69) is 0 Å². The van der Waals surface area contributed by atoms with Crippen LogP contribution < -0.4 is 4.74 Å². The first-order valence-electron chi connectivity index (χ1n) is 6.28. The first-order chi connectivity index (χ1) is 8.63. The summed E-state index contributed by atoms with van der Waals surface area (Å²) in [4.78, 5) is 13.8. The fourth-order valence-corrected chi connectivity index (χ4v) is 1.78. The lowest BCUT2D eigenvalue weighted by atomic mass is 10.2. The van der Waals surface area contributed by atoms with Gasteiger partial charge in [0.1, 0.15) is 5.75 Å². The van der Waals surface area contributed by atoms with Crippen molar-refractivity contribution in [2.45, 2.75) is 33.5 Å². The van der Waals surface area contributed by atoms with E-state index in [1.807, 2.05) is 26.0 Å². The summed E-state index contributed by atoms with van der Waals surface area (Å²) >= 11 is 0. The summed E-state index contributed by atoms with van der Waals surface area (Å²) in [6, 6.07) is 7.19. The number of amides is 1. The molecule has 0 saturated heterocycles. The van der Waals surface area contributed by atoms with E-state index in [0.29, 0.717) is 24.4 Å². The molecular weight excluding hydrogens is 230 g/mol. The number of para-hydroxylation sites is 1. The maximum absolute atomic E-state index is 12.0. The fraction of sp³-hybridized carbons (Fsp3) is 0.500. The Hall–Kier alpha value is -1.55. The molecule has 0 radical (unpaired) electrons. The predicted octanol–water partition coefficient (Wildman–Crippen LogP) is 1.81. The standard InChI is InChI=1S/C14H21NO3/c1-4-15(5-2)14(17)11(3)18-13-9-7-6-8-12(13)10-16/h6-9,11,16H,4-5,10H2,1-3H3. The van der Waals surface area contributed by atoms with Gasteiger partial charge in [0, 0.05) is 18.7 Å². The van der Waals surface area contributed by atoms with Crippen molar-refractivity contribution in [2.24, 2.45) is 0 Å². The molecule has 0 saturated carbocycles. The van der Waals surface area contributed by atoms with Gasteiger partial charge in [-0.2, -0.15) is 0 Å². The van der Waals surface area contributed by atoms with Crippen LogP contribution in [-0.2, 0) is 11.4 Å². The number of hydrogen-bond donors (Lipinski definition) is 1. The number of nitrogens with zero attached hydrogens (tertiary/aromatic N) is 1. The maximum Gasteiger partial charge on any atom is 0.263 e. The highest BCUT2D eigenvalue weighted by Crippen LogP contribution is 2.19. The Kier molecular flexibility index (Phi) is 5.65. The van der Waals surface area contributed by atoms with Crippen LogP contribution in [0.2, 0.25) is 0 Å². The average Bonchev–Trinajstić information content (AvgIpc) is 2.40. The van der Waals surface area contributed by atoms with Crippen molar-refractivity contribution in [3.8, 4) is 5.75 Å².